The number of hydrogen-bond acceptors (Lipinski definition) is 3. The normalized spacial score (nSPS) is 17.0. The molecule has 1 aromatic rings. The van der Waals surface area contributed by atoms with Crippen LogP contribution in [0.25, 0.3) is 0 Å². The van der Waals surface area contributed by atoms with Gasteiger partial charge in [0.15, 0.2) is 0 Å². The minimum Gasteiger partial charge on any atom is -0.480 e. The molecule has 3 N–H and O–H groups in total. The van der Waals surface area contributed by atoms with Gasteiger partial charge < -0.3 is 10.8 Å². The van der Waals surface area contributed by atoms with Gasteiger partial charge in [-0.15, -0.1) is 11.3 Å². The van der Waals surface area contributed by atoms with Crippen LogP contribution in [-0.2, 0) is 17.6 Å². The predicted molar refractivity (Wildman–Crippen MR) is 50.9 cm³/mol. The smallest absolute Gasteiger partial charge is 0.325 e. The van der Waals surface area contributed by atoms with Gasteiger partial charge in [0.2, 0.25) is 0 Å². The number of fused-ring (bicyclic) bond motifs is 1. The molecule has 4 heteroatoms. The molecule has 1 heterocycles. The minimum absolute atomic E-state index is 0.789. The Labute approximate surface area is 80.2 Å². The molecule has 1 aliphatic rings. The summed E-state index contributed by atoms with van der Waals surface area (Å²) >= 11 is 1.55. The molecular weight excluding hydrogens is 186 g/mol. The molecule has 3 nitrogen and oxygen atoms in total. The Hall–Kier alpha value is -0.870. The molecule has 1 atom stereocenters. The second-order valence-corrected chi connectivity index (χ2v) is 4.43. The van der Waals surface area contributed by atoms with Crippen molar-refractivity contribution in [2.75, 3.05) is 0 Å². The first-order valence-corrected chi connectivity index (χ1v) is 5.10. The van der Waals surface area contributed by atoms with Crippen molar-refractivity contribution in [1.29, 1.82) is 0 Å². The van der Waals surface area contributed by atoms with E-state index in [0.717, 1.165) is 17.7 Å². The summed E-state index contributed by atoms with van der Waals surface area (Å²) < 4.78 is 0. The maximum Gasteiger partial charge on any atom is 0.325 e. The molecule has 0 radical (unpaired) electrons. The van der Waals surface area contributed by atoms with Crippen LogP contribution in [0, 0.1) is 0 Å². The quantitative estimate of drug-likeness (QED) is 0.751. The van der Waals surface area contributed by atoms with Crippen LogP contribution in [0.1, 0.15) is 27.8 Å². The molecular formula is C9H11NO2S. The highest BCUT2D eigenvalue weighted by Crippen LogP contribution is 2.32. The summed E-state index contributed by atoms with van der Waals surface area (Å²) in [5.41, 5.74) is 6.81. The van der Waals surface area contributed by atoms with Crippen molar-refractivity contribution < 1.29 is 9.90 Å². The van der Waals surface area contributed by atoms with Gasteiger partial charge in [-0.2, -0.15) is 0 Å². The third kappa shape index (κ3) is 1.47. The lowest BCUT2D eigenvalue weighted by atomic mass is 10.2. The minimum atomic E-state index is -0.945. The number of aliphatic carboxylic acids is 1. The van der Waals surface area contributed by atoms with Gasteiger partial charge in [-0.3, -0.25) is 4.79 Å². The second-order valence-electron chi connectivity index (χ2n) is 3.27. The lowest BCUT2D eigenvalue weighted by Gasteiger charge is -2.01. The van der Waals surface area contributed by atoms with Crippen molar-refractivity contribution in [2.24, 2.45) is 5.73 Å². The molecule has 0 saturated carbocycles. The van der Waals surface area contributed by atoms with Gasteiger partial charge in [0, 0.05) is 9.75 Å². The number of aryl methyl sites for hydroxylation is 2. The Morgan fingerprint density at radius 2 is 2.38 bits per heavy atom. The number of carboxylic acid groups (broad SMARTS) is 1. The molecule has 0 aliphatic heterocycles. The zero-order valence-electron chi connectivity index (χ0n) is 7.12. The van der Waals surface area contributed by atoms with E-state index in [0.29, 0.717) is 0 Å². The van der Waals surface area contributed by atoms with E-state index < -0.39 is 12.0 Å². The van der Waals surface area contributed by atoms with Gasteiger partial charge in [0.05, 0.1) is 0 Å². The summed E-state index contributed by atoms with van der Waals surface area (Å²) in [4.78, 5) is 12.7. The van der Waals surface area contributed by atoms with Crippen LogP contribution in [0.4, 0.5) is 0 Å². The summed E-state index contributed by atoms with van der Waals surface area (Å²) in [7, 11) is 0. The van der Waals surface area contributed by atoms with E-state index in [-0.39, 0.29) is 0 Å². The SMILES string of the molecule is NC(C(=O)O)c1cc2c(s1)CCC2. The third-order valence-electron chi connectivity index (χ3n) is 2.34. The fourth-order valence-corrected chi connectivity index (χ4v) is 2.88. The number of hydrogen-bond donors (Lipinski definition) is 2. The molecule has 0 saturated heterocycles. The molecule has 70 valence electrons. The average Bonchev–Trinajstić information content (AvgIpc) is 2.59. The highest BCUT2D eigenvalue weighted by Gasteiger charge is 2.21. The zero-order valence-corrected chi connectivity index (χ0v) is 7.93. The van der Waals surface area contributed by atoms with E-state index in [9.17, 15) is 4.79 Å². The molecule has 1 aliphatic carbocycles. The Balaban J connectivity index is 2.28. The molecule has 2 rings (SSSR count). The summed E-state index contributed by atoms with van der Waals surface area (Å²) in [6.45, 7) is 0. The van der Waals surface area contributed by atoms with E-state index >= 15 is 0 Å². The Bertz CT molecular complexity index is 324. The first-order valence-electron chi connectivity index (χ1n) is 4.28. The van der Waals surface area contributed by atoms with Crippen molar-refractivity contribution in [2.45, 2.75) is 25.3 Å². The second kappa shape index (κ2) is 3.12. The fraction of sp³-hybridized carbons (Fsp3) is 0.444. The Kier molecular flexibility index (Phi) is 2.09. The predicted octanol–water partition coefficient (Wildman–Crippen LogP) is 1.32. The maximum atomic E-state index is 10.6. The van der Waals surface area contributed by atoms with Crippen LogP contribution in [-0.4, -0.2) is 11.1 Å². The lowest BCUT2D eigenvalue weighted by Crippen LogP contribution is -2.19. The molecule has 1 unspecified atom stereocenters. The van der Waals surface area contributed by atoms with Crippen molar-refractivity contribution in [3.8, 4) is 0 Å². The van der Waals surface area contributed by atoms with Crippen LogP contribution in [0.5, 0.6) is 0 Å². The zero-order chi connectivity index (χ0) is 9.42. The van der Waals surface area contributed by atoms with E-state index in [4.69, 9.17) is 10.8 Å². The van der Waals surface area contributed by atoms with E-state index in [1.807, 2.05) is 6.07 Å². The highest BCUT2D eigenvalue weighted by molar-refractivity contribution is 7.12. The summed E-state index contributed by atoms with van der Waals surface area (Å²) in [6.07, 6.45) is 3.37. The number of rotatable bonds is 2. The fourth-order valence-electron chi connectivity index (χ4n) is 1.63. The monoisotopic (exact) mass is 197 g/mol. The van der Waals surface area contributed by atoms with Crippen molar-refractivity contribution in [3.63, 3.8) is 0 Å². The van der Waals surface area contributed by atoms with Crippen LogP contribution in [0.3, 0.4) is 0 Å². The molecule has 1 aromatic heterocycles. The first-order chi connectivity index (χ1) is 6.18. The topological polar surface area (TPSA) is 63.3 Å². The number of thiophene rings is 1. The van der Waals surface area contributed by atoms with Crippen LogP contribution < -0.4 is 5.73 Å². The van der Waals surface area contributed by atoms with E-state index in [2.05, 4.69) is 0 Å². The van der Waals surface area contributed by atoms with Crippen LogP contribution in [0.15, 0.2) is 6.07 Å². The van der Waals surface area contributed by atoms with Gasteiger partial charge in [-0.1, -0.05) is 0 Å². The third-order valence-corrected chi connectivity index (χ3v) is 3.66. The lowest BCUT2D eigenvalue weighted by molar-refractivity contribution is -0.138. The summed E-state index contributed by atoms with van der Waals surface area (Å²) in [5, 5.41) is 8.71. The van der Waals surface area contributed by atoms with Gasteiger partial charge in [0.25, 0.3) is 0 Å². The molecule has 0 aromatic carbocycles. The molecule has 0 amide bonds. The van der Waals surface area contributed by atoms with Gasteiger partial charge in [-0.25, -0.2) is 0 Å². The van der Waals surface area contributed by atoms with Gasteiger partial charge >= 0.3 is 5.97 Å². The molecule has 0 spiro atoms. The van der Waals surface area contributed by atoms with E-state index in [1.54, 1.807) is 11.3 Å². The average molecular weight is 197 g/mol. The molecule has 0 bridgehead atoms. The van der Waals surface area contributed by atoms with Gasteiger partial charge in [-0.05, 0) is 30.9 Å². The molecule has 13 heavy (non-hydrogen) atoms. The standard InChI is InChI=1S/C9H11NO2S/c10-8(9(11)12)7-4-5-2-1-3-6(5)13-7/h4,8H,1-3,10H2,(H,11,12). The van der Waals surface area contributed by atoms with E-state index in [1.165, 1.54) is 16.9 Å². The number of carbonyl (C=O) groups is 1. The molecule has 0 fully saturated rings. The largest absolute Gasteiger partial charge is 0.480 e. The van der Waals surface area contributed by atoms with Gasteiger partial charge in [0.1, 0.15) is 6.04 Å². The summed E-state index contributed by atoms with van der Waals surface area (Å²) in [5.74, 6) is -0.945. The summed E-state index contributed by atoms with van der Waals surface area (Å²) in [6, 6.07) is 1.11. The van der Waals surface area contributed by atoms with Crippen LogP contribution >= 0.6 is 11.3 Å². The maximum absolute atomic E-state index is 10.6. The Morgan fingerprint density at radius 1 is 1.62 bits per heavy atom. The Morgan fingerprint density at radius 3 is 3.00 bits per heavy atom. The first kappa shape index (κ1) is 8.72. The number of carboxylic acids is 1. The van der Waals surface area contributed by atoms with Crippen molar-refractivity contribution in [3.05, 3.63) is 21.4 Å². The number of nitrogens with two attached hydrogens (primary N) is 1. The van der Waals surface area contributed by atoms with Crippen molar-refractivity contribution >= 4 is 17.3 Å². The highest BCUT2D eigenvalue weighted by atomic mass is 32.1. The van der Waals surface area contributed by atoms with Crippen molar-refractivity contribution in [1.82, 2.24) is 0 Å². The van der Waals surface area contributed by atoms with Crippen LogP contribution in [0.2, 0.25) is 0 Å².